The first-order valence-corrected chi connectivity index (χ1v) is 2.36. The van der Waals surface area contributed by atoms with Crippen LogP contribution in [0.5, 0.6) is 0 Å². The lowest BCUT2D eigenvalue weighted by atomic mass is 10.7. The first-order valence-electron chi connectivity index (χ1n) is 2.36. The van der Waals surface area contributed by atoms with Crippen molar-refractivity contribution < 1.29 is 35.5 Å². The fraction of sp³-hybridized carbons (Fsp3) is 1.00. The van der Waals surface area contributed by atoms with Crippen LogP contribution in [0.15, 0.2) is 0 Å². The van der Waals surface area contributed by atoms with Gasteiger partial charge in [0.25, 0.3) is 0 Å². The van der Waals surface area contributed by atoms with Crippen molar-refractivity contribution in [2.75, 3.05) is 13.8 Å². The van der Waals surface area contributed by atoms with Crippen molar-refractivity contribution in [3.05, 3.63) is 0 Å². The van der Waals surface area contributed by atoms with Gasteiger partial charge in [0.05, 0.1) is 7.18 Å². The van der Waals surface area contributed by atoms with Crippen LogP contribution in [0.2, 0.25) is 0 Å². The van der Waals surface area contributed by atoms with Gasteiger partial charge in [-0.25, -0.2) is 0 Å². The van der Waals surface area contributed by atoms with Gasteiger partial charge in [0.15, 0.2) is 6.61 Å². The first kappa shape index (κ1) is 14.0. The molecule has 1 nitrogen and oxygen atoms in total. The summed E-state index contributed by atoms with van der Waals surface area (Å²) >= 11 is 0. The third-order valence-electron chi connectivity index (χ3n) is 0.399. The van der Waals surface area contributed by atoms with Gasteiger partial charge < -0.3 is 0 Å². The maximum Gasteiger partial charge on any atom is 0.522 e. The van der Waals surface area contributed by atoms with Crippen LogP contribution < -0.4 is 0 Å². The molecule has 0 bridgehead atoms. The van der Waals surface area contributed by atoms with Crippen molar-refractivity contribution in [3.63, 3.8) is 0 Å². The van der Waals surface area contributed by atoms with E-state index in [1.54, 1.807) is 0 Å². The molecule has 0 saturated heterocycles. The fourth-order valence-corrected chi connectivity index (χ4v) is 0.164. The van der Waals surface area contributed by atoms with Gasteiger partial charge in [-0.3, -0.25) is 9.13 Å². The zero-order valence-corrected chi connectivity index (χ0v) is 5.76. The third kappa shape index (κ3) is 16.2. The minimum absolute atomic E-state index is 0.500. The molecule has 0 aliphatic carbocycles. The van der Waals surface area contributed by atoms with Gasteiger partial charge in [0, 0.05) is 0 Å². The molecule has 0 fully saturated rings. The molecule has 0 N–H and O–H groups in total. The van der Waals surface area contributed by atoms with Crippen molar-refractivity contribution >= 4 is 0 Å². The van der Waals surface area contributed by atoms with Crippen molar-refractivity contribution in [1.29, 1.82) is 0 Å². The number of ether oxygens (including phenoxy) is 1. The fourth-order valence-electron chi connectivity index (χ4n) is 0.164. The highest BCUT2D eigenvalue weighted by Crippen LogP contribution is 2.22. The van der Waals surface area contributed by atoms with Gasteiger partial charge in [0.2, 0.25) is 0 Å². The predicted molar refractivity (Wildman–Crippen MR) is 25.1 cm³/mol. The molecule has 0 atom stereocenters. The molecule has 0 aromatic heterocycles. The van der Waals surface area contributed by atoms with Gasteiger partial charge in [-0.15, -0.1) is 13.2 Å². The second-order valence-corrected chi connectivity index (χ2v) is 1.35. The van der Waals surface area contributed by atoms with Gasteiger partial charge in [0.1, 0.15) is 0 Å². The van der Waals surface area contributed by atoms with E-state index in [0.29, 0.717) is 7.18 Å². The molecule has 0 aliphatic heterocycles. The summed E-state index contributed by atoms with van der Waals surface area (Å²) in [6, 6.07) is 0. The van der Waals surface area contributed by atoms with E-state index in [1.165, 1.54) is 0 Å². The lowest BCUT2D eigenvalue weighted by Crippen LogP contribution is -2.24. The van der Waals surface area contributed by atoms with Gasteiger partial charge in [-0.2, -0.15) is 13.2 Å². The van der Waals surface area contributed by atoms with Crippen LogP contribution in [0, 0.1) is 0 Å². The average Bonchev–Trinajstić information content (AvgIpc) is 1.86. The summed E-state index contributed by atoms with van der Waals surface area (Å²) < 4.78 is 77.4. The Morgan fingerprint density at radius 2 is 1.25 bits per heavy atom. The second-order valence-electron chi connectivity index (χ2n) is 1.35. The summed E-state index contributed by atoms with van der Waals surface area (Å²) in [6.07, 6.45) is -10.1. The second kappa shape index (κ2) is 5.18. The molecule has 0 spiro atoms. The smallest absolute Gasteiger partial charge is 0.282 e. The van der Waals surface area contributed by atoms with Crippen LogP contribution in [0.4, 0.5) is 30.7 Å². The SMILES string of the molecule is CF.FC(F)(F)COC(F)(F)F. The standard InChI is InChI=1S/C3H2F6O.CH3F/c4-2(5,6)1-10-3(7,8)9;1-2/h1H2;1H3. The van der Waals surface area contributed by atoms with E-state index in [1.807, 2.05) is 0 Å². The Hall–Kier alpha value is -0.530. The van der Waals surface area contributed by atoms with Crippen molar-refractivity contribution in [3.8, 4) is 0 Å². The third-order valence-corrected chi connectivity index (χ3v) is 0.399. The molecule has 76 valence electrons. The van der Waals surface area contributed by atoms with Crippen LogP contribution in [-0.4, -0.2) is 26.3 Å². The molecule has 0 aliphatic rings. The molecule has 0 unspecified atom stereocenters. The summed E-state index contributed by atoms with van der Waals surface area (Å²) in [6.45, 7) is -2.30. The Labute approximate surface area is 63.1 Å². The summed E-state index contributed by atoms with van der Waals surface area (Å²) in [5.74, 6) is 0. The highest BCUT2D eigenvalue weighted by molar-refractivity contribution is 4.45. The van der Waals surface area contributed by atoms with E-state index in [0.717, 1.165) is 0 Å². The van der Waals surface area contributed by atoms with Crippen LogP contribution in [-0.2, 0) is 4.74 Å². The van der Waals surface area contributed by atoms with Crippen LogP contribution in [0.1, 0.15) is 0 Å². The summed E-state index contributed by atoms with van der Waals surface area (Å²) in [5.41, 5.74) is 0. The summed E-state index contributed by atoms with van der Waals surface area (Å²) in [4.78, 5) is 0. The minimum Gasteiger partial charge on any atom is -0.282 e. The number of rotatable bonds is 1. The van der Waals surface area contributed by atoms with E-state index < -0.39 is 19.1 Å². The molecule has 12 heavy (non-hydrogen) atoms. The maximum absolute atomic E-state index is 11.0. The molecule has 0 saturated carbocycles. The zero-order chi connectivity index (χ0) is 10.4. The highest BCUT2D eigenvalue weighted by atomic mass is 19.4. The van der Waals surface area contributed by atoms with E-state index in [4.69, 9.17) is 0 Å². The molecule has 8 heteroatoms. The van der Waals surface area contributed by atoms with Crippen molar-refractivity contribution in [2.24, 2.45) is 0 Å². The molecule has 0 radical (unpaired) electrons. The molecular weight excluding hydrogens is 197 g/mol. The van der Waals surface area contributed by atoms with E-state index in [9.17, 15) is 30.7 Å². The Balaban J connectivity index is 0. The van der Waals surface area contributed by atoms with Crippen LogP contribution in [0.25, 0.3) is 0 Å². The Morgan fingerprint density at radius 1 is 0.917 bits per heavy atom. The van der Waals surface area contributed by atoms with Gasteiger partial charge in [-0.05, 0) is 0 Å². The molecule has 0 heterocycles. The Bertz CT molecular complexity index is 89.0. The number of alkyl halides is 7. The average molecular weight is 202 g/mol. The lowest BCUT2D eigenvalue weighted by Gasteiger charge is -2.08. The number of hydrogen-bond donors (Lipinski definition) is 0. The topological polar surface area (TPSA) is 9.23 Å². The van der Waals surface area contributed by atoms with Crippen molar-refractivity contribution in [1.82, 2.24) is 0 Å². The normalized spacial score (nSPS) is 12.0. The van der Waals surface area contributed by atoms with E-state index in [2.05, 4.69) is 4.74 Å². The molecule has 0 aromatic rings. The number of hydrogen-bond acceptors (Lipinski definition) is 1. The van der Waals surface area contributed by atoms with E-state index >= 15 is 0 Å². The Kier molecular flexibility index (Phi) is 6.05. The zero-order valence-electron chi connectivity index (χ0n) is 5.76. The predicted octanol–water partition coefficient (Wildman–Crippen LogP) is 2.67. The summed E-state index contributed by atoms with van der Waals surface area (Å²) in [5, 5.41) is 0. The Morgan fingerprint density at radius 3 is 1.33 bits per heavy atom. The van der Waals surface area contributed by atoms with Crippen LogP contribution in [0.3, 0.4) is 0 Å². The summed E-state index contributed by atoms with van der Waals surface area (Å²) in [7, 11) is 0.500. The van der Waals surface area contributed by atoms with Crippen LogP contribution >= 0.6 is 0 Å². The largest absolute Gasteiger partial charge is 0.522 e. The number of halogens is 7. The van der Waals surface area contributed by atoms with E-state index in [-0.39, 0.29) is 0 Å². The maximum atomic E-state index is 11.0. The quantitative estimate of drug-likeness (QED) is 0.594. The molecular formula is C4H5F7O. The molecule has 0 rings (SSSR count). The van der Waals surface area contributed by atoms with Gasteiger partial charge >= 0.3 is 12.5 Å². The minimum atomic E-state index is -5.21. The van der Waals surface area contributed by atoms with Gasteiger partial charge in [-0.1, -0.05) is 0 Å². The monoisotopic (exact) mass is 202 g/mol. The lowest BCUT2D eigenvalue weighted by molar-refractivity contribution is -0.352. The molecule has 0 amide bonds. The first-order chi connectivity index (χ1) is 5.21. The highest BCUT2D eigenvalue weighted by Gasteiger charge is 2.37. The molecule has 0 aromatic carbocycles. The van der Waals surface area contributed by atoms with Crippen molar-refractivity contribution in [2.45, 2.75) is 12.5 Å².